The molecule has 0 radical (unpaired) electrons. The summed E-state index contributed by atoms with van der Waals surface area (Å²) < 4.78 is 22.8. The smallest absolute Gasteiger partial charge is 0.391 e. The van der Waals surface area contributed by atoms with Crippen LogP contribution >= 0.6 is 11.6 Å². The summed E-state index contributed by atoms with van der Waals surface area (Å²) in [4.78, 5) is 29.3. The van der Waals surface area contributed by atoms with Gasteiger partial charge in [-0.1, -0.05) is 23.6 Å². The van der Waals surface area contributed by atoms with Gasteiger partial charge in [-0.2, -0.15) is 4.98 Å². The Kier molecular flexibility index (Phi) is 6.74. The Labute approximate surface area is 160 Å². The first-order valence-corrected chi connectivity index (χ1v) is 8.16. The SMILES string of the molecule is COC(=O)C(C)N(C)c1cccc(OC(=O)C#Cc2ccc(F)cc2Cl)n1. The third-order valence-electron chi connectivity index (χ3n) is 3.62. The number of halogens is 2. The number of nitrogens with zero attached hydrogens (tertiary/aromatic N) is 2. The molecule has 0 saturated carbocycles. The highest BCUT2D eigenvalue weighted by Gasteiger charge is 2.20. The number of pyridine rings is 1. The molecule has 0 aliphatic carbocycles. The van der Waals surface area contributed by atoms with Crippen LogP contribution in [0.25, 0.3) is 0 Å². The van der Waals surface area contributed by atoms with Crippen molar-refractivity contribution in [3.05, 3.63) is 52.8 Å². The van der Waals surface area contributed by atoms with Gasteiger partial charge in [0.1, 0.15) is 17.7 Å². The molecule has 0 aliphatic heterocycles. The average molecular weight is 391 g/mol. The van der Waals surface area contributed by atoms with Crippen LogP contribution in [0.15, 0.2) is 36.4 Å². The van der Waals surface area contributed by atoms with Gasteiger partial charge in [-0.3, -0.25) is 0 Å². The van der Waals surface area contributed by atoms with Gasteiger partial charge in [-0.15, -0.1) is 0 Å². The van der Waals surface area contributed by atoms with Gasteiger partial charge in [0, 0.05) is 24.6 Å². The molecule has 2 aromatic rings. The molecule has 0 amide bonds. The van der Waals surface area contributed by atoms with Crippen molar-refractivity contribution in [3.63, 3.8) is 0 Å². The van der Waals surface area contributed by atoms with E-state index in [2.05, 4.69) is 16.8 Å². The summed E-state index contributed by atoms with van der Waals surface area (Å²) in [6.45, 7) is 1.66. The van der Waals surface area contributed by atoms with Gasteiger partial charge in [-0.25, -0.2) is 14.0 Å². The molecule has 2 rings (SSSR count). The number of hydrogen-bond acceptors (Lipinski definition) is 6. The third kappa shape index (κ3) is 5.43. The van der Waals surface area contributed by atoms with Gasteiger partial charge < -0.3 is 14.4 Å². The molecule has 0 spiro atoms. The summed E-state index contributed by atoms with van der Waals surface area (Å²) >= 11 is 5.85. The number of benzene rings is 1. The van der Waals surface area contributed by atoms with Crippen molar-refractivity contribution < 1.29 is 23.5 Å². The highest BCUT2D eigenvalue weighted by atomic mass is 35.5. The molecule has 1 unspecified atom stereocenters. The van der Waals surface area contributed by atoms with E-state index >= 15 is 0 Å². The topological polar surface area (TPSA) is 68.7 Å². The Hall–Kier alpha value is -3.11. The summed E-state index contributed by atoms with van der Waals surface area (Å²) in [6.07, 6.45) is 0. The molecule has 27 heavy (non-hydrogen) atoms. The van der Waals surface area contributed by atoms with E-state index in [0.29, 0.717) is 11.4 Å². The average Bonchev–Trinajstić information content (AvgIpc) is 2.65. The van der Waals surface area contributed by atoms with E-state index in [-0.39, 0.29) is 10.9 Å². The maximum atomic E-state index is 13.0. The lowest BCUT2D eigenvalue weighted by Crippen LogP contribution is -2.37. The standard InChI is InChI=1S/C19H16ClFN2O4/c1-12(19(25)26-3)23(2)16-5-4-6-17(22-16)27-18(24)10-8-13-7-9-14(21)11-15(13)20/h4-7,9,11-12H,1-3H3. The van der Waals surface area contributed by atoms with Gasteiger partial charge in [0.25, 0.3) is 0 Å². The Morgan fingerprint density at radius 3 is 2.70 bits per heavy atom. The van der Waals surface area contributed by atoms with E-state index in [1.54, 1.807) is 31.0 Å². The minimum Gasteiger partial charge on any atom is -0.467 e. The molecule has 0 N–H and O–H groups in total. The molecule has 140 valence electrons. The number of ether oxygens (including phenoxy) is 2. The Balaban J connectivity index is 2.11. The zero-order valence-electron chi connectivity index (χ0n) is 14.8. The quantitative estimate of drug-likeness (QED) is 0.590. The molecule has 1 aromatic carbocycles. The van der Waals surface area contributed by atoms with Crippen molar-refractivity contribution in [2.24, 2.45) is 0 Å². The number of hydrogen-bond donors (Lipinski definition) is 0. The Bertz CT molecular complexity index is 923. The van der Waals surface area contributed by atoms with E-state index in [1.807, 2.05) is 0 Å². The summed E-state index contributed by atoms with van der Waals surface area (Å²) in [5, 5.41) is 0.0915. The van der Waals surface area contributed by atoms with Crippen LogP contribution in [0, 0.1) is 17.7 Å². The van der Waals surface area contributed by atoms with Gasteiger partial charge in [0.15, 0.2) is 0 Å². The number of methoxy groups -OCH3 is 1. The second kappa shape index (κ2) is 9.01. The molecule has 0 fully saturated rings. The number of carbonyl (C=O) groups excluding carboxylic acids is 2. The molecular weight excluding hydrogens is 375 g/mol. The summed E-state index contributed by atoms with van der Waals surface area (Å²) in [5.74, 6) is 3.42. The predicted octanol–water partition coefficient (Wildman–Crippen LogP) is 2.83. The van der Waals surface area contributed by atoms with Crippen LogP contribution in [0.5, 0.6) is 5.88 Å². The molecule has 1 atom stereocenters. The molecular formula is C19H16ClFN2O4. The van der Waals surface area contributed by atoms with E-state index in [9.17, 15) is 14.0 Å². The van der Waals surface area contributed by atoms with Gasteiger partial charge in [0.05, 0.1) is 12.1 Å². The molecule has 1 aromatic heterocycles. The second-order valence-electron chi connectivity index (χ2n) is 5.41. The van der Waals surface area contributed by atoms with Crippen LogP contribution in [0.3, 0.4) is 0 Å². The lowest BCUT2D eigenvalue weighted by atomic mass is 10.2. The van der Waals surface area contributed by atoms with E-state index in [4.69, 9.17) is 21.1 Å². The van der Waals surface area contributed by atoms with Crippen molar-refractivity contribution >= 4 is 29.4 Å². The zero-order valence-corrected chi connectivity index (χ0v) is 15.6. The largest absolute Gasteiger partial charge is 0.467 e. The minimum absolute atomic E-state index is 0.0147. The number of carbonyl (C=O) groups is 2. The summed E-state index contributed by atoms with van der Waals surface area (Å²) in [5.41, 5.74) is 0.295. The maximum absolute atomic E-state index is 13.0. The van der Waals surface area contributed by atoms with Crippen LogP contribution in [0.2, 0.25) is 5.02 Å². The highest BCUT2D eigenvalue weighted by molar-refractivity contribution is 6.31. The number of anilines is 1. The van der Waals surface area contributed by atoms with E-state index in [0.717, 1.165) is 6.07 Å². The van der Waals surface area contributed by atoms with Crippen LogP contribution in [0.4, 0.5) is 10.2 Å². The van der Waals surface area contributed by atoms with Crippen LogP contribution in [-0.4, -0.2) is 37.1 Å². The fraction of sp³-hybridized carbons (Fsp3) is 0.211. The fourth-order valence-electron chi connectivity index (χ4n) is 2.01. The number of likely N-dealkylation sites (N-methyl/N-ethyl adjacent to an activating group) is 1. The highest BCUT2D eigenvalue weighted by Crippen LogP contribution is 2.18. The first-order chi connectivity index (χ1) is 12.8. The first-order valence-electron chi connectivity index (χ1n) is 7.78. The van der Waals surface area contributed by atoms with Gasteiger partial charge in [0.2, 0.25) is 5.88 Å². The van der Waals surface area contributed by atoms with E-state index in [1.165, 1.54) is 25.3 Å². The van der Waals surface area contributed by atoms with Crippen molar-refractivity contribution in [3.8, 4) is 17.7 Å². The number of esters is 2. The van der Waals surface area contributed by atoms with Crippen molar-refractivity contribution in [1.82, 2.24) is 4.98 Å². The molecule has 1 heterocycles. The molecule has 0 bridgehead atoms. The van der Waals surface area contributed by atoms with Gasteiger partial charge in [-0.05, 0) is 31.2 Å². The summed E-state index contributed by atoms with van der Waals surface area (Å²) in [7, 11) is 2.95. The van der Waals surface area contributed by atoms with Gasteiger partial charge >= 0.3 is 11.9 Å². The lowest BCUT2D eigenvalue weighted by molar-refractivity contribution is -0.141. The molecule has 6 nitrogen and oxygen atoms in total. The Morgan fingerprint density at radius 2 is 2.04 bits per heavy atom. The minimum atomic E-state index is -0.858. The van der Waals surface area contributed by atoms with E-state index < -0.39 is 23.8 Å². The Morgan fingerprint density at radius 1 is 1.30 bits per heavy atom. The van der Waals surface area contributed by atoms with Crippen LogP contribution < -0.4 is 9.64 Å². The zero-order chi connectivity index (χ0) is 20.0. The van der Waals surface area contributed by atoms with Crippen LogP contribution in [-0.2, 0) is 14.3 Å². The summed E-state index contributed by atoms with van der Waals surface area (Å²) in [6, 6.07) is 7.82. The van der Waals surface area contributed by atoms with Crippen LogP contribution in [0.1, 0.15) is 12.5 Å². The van der Waals surface area contributed by atoms with Crippen molar-refractivity contribution in [2.75, 3.05) is 19.1 Å². The first kappa shape index (κ1) is 20.2. The number of aromatic nitrogens is 1. The van der Waals surface area contributed by atoms with Crippen molar-refractivity contribution in [1.29, 1.82) is 0 Å². The monoisotopic (exact) mass is 390 g/mol. The lowest BCUT2D eigenvalue weighted by Gasteiger charge is -2.23. The normalized spacial score (nSPS) is 11.0. The molecule has 8 heteroatoms. The number of rotatable bonds is 4. The predicted molar refractivity (Wildman–Crippen MR) is 98.0 cm³/mol. The third-order valence-corrected chi connectivity index (χ3v) is 3.93. The van der Waals surface area contributed by atoms with Crippen molar-refractivity contribution in [2.45, 2.75) is 13.0 Å². The molecule has 0 saturated heterocycles. The maximum Gasteiger partial charge on any atom is 0.391 e. The second-order valence-corrected chi connectivity index (χ2v) is 5.81. The molecule has 0 aliphatic rings. The fourth-order valence-corrected chi connectivity index (χ4v) is 2.23.